The molecule has 28 heavy (non-hydrogen) atoms. The van der Waals surface area contributed by atoms with Crippen molar-refractivity contribution in [3.63, 3.8) is 0 Å². The third-order valence-corrected chi connectivity index (χ3v) is 6.23. The maximum absolute atomic E-state index is 12.9. The zero-order valence-electron chi connectivity index (χ0n) is 15.3. The largest absolute Gasteiger partial charge is 0.396 e. The van der Waals surface area contributed by atoms with Crippen LogP contribution in [0.5, 0.6) is 0 Å². The maximum atomic E-state index is 12.9. The first-order valence-corrected chi connectivity index (χ1v) is 9.97. The zero-order chi connectivity index (χ0) is 19.5. The van der Waals surface area contributed by atoms with Gasteiger partial charge < -0.3 is 15.5 Å². The molecule has 1 aliphatic rings. The fraction of sp³-hybridized carbons (Fsp3) is 0.182. The van der Waals surface area contributed by atoms with Crippen LogP contribution in [-0.2, 0) is 0 Å². The predicted octanol–water partition coefficient (Wildman–Crippen LogP) is 3.76. The molecule has 0 bridgehead atoms. The molecule has 0 unspecified atom stereocenters. The number of rotatable bonds is 4. The average Bonchev–Trinajstić information content (AvgIpc) is 3.10. The summed E-state index contributed by atoms with van der Waals surface area (Å²) in [5, 5.41) is 10.5. The molecule has 6 heteroatoms. The summed E-state index contributed by atoms with van der Waals surface area (Å²) in [5.74, 6) is -0.131. The van der Waals surface area contributed by atoms with Gasteiger partial charge in [-0.3, -0.25) is 4.79 Å². The number of hydrogen-bond donors (Lipinski definition) is 1. The second-order valence-electron chi connectivity index (χ2n) is 6.64. The van der Waals surface area contributed by atoms with E-state index in [1.165, 1.54) is 17.0 Å². The normalized spacial score (nSPS) is 14.0. The van der Waals surface area contributed by atoms with Crippen molar-refractivity contribution in [2.24, 2.45) is 0 Å². The minimum Gasteiger partial charge on any atom is -0.396 e. The number of nitriles is 1. The molecule has 1 saturated heterocycles. The van der Waals surface area contributed by atoms with Crippen molar-refractivity contribution in [3.05, 3.63) is 76.7 Å². The number of nitrogens with two attached hydrogens (primary N) is 1. The molecule has 0 saturated carbocycles. The first-order chi connectivity index (χ1) is 13.7. The van der Waals surface area contributed by atoms with Gasteiger partial charge in [0.2, 0.25) is 5.78 Å². The molecule has 1 aromatic heterocycles. The summed E-state index contributed by atoms with van der Waals surface area (Å²) >= 11 is 1.33. The number of piperazine rings is 1. The highest BCUT2D eigenvalue weighted by molar-refractivity contribution is 7.19. The number of nitrogens with zero attached hydrogens (tertiary/aromatic N) is 3. The van der Waals surface area contributed by atoms with Crippen molar-refractivity contribution >= 4 is 33.5 Å². The van der Waals surface area contributed by atoms with Crippen LogP contribution in [0.4, 0.5) is 16.4 Å². The molecule has 0 spiro atoms. The lowest BCUT2D eigenvalue weighted by Gasteiger charge is -2.36. The lowest BCUT2D eigenvalue weighted by atomic mass is 10.1. The number of ketones is 1. The zero-order valence-corrected chi connectivity index (χ0v) is 16.2. The molecule has 0 amide bonds. The van der Waals surface area contributed by atoms with E-state index in [2.05, 4.69) is 28.0 Å². The van der Waals surface area contributed by atoms with Crippen molar-refractivity contribution in [2.75, 3.05) is 41.7 Å². The van der Waals surface area contributed by atoms with Crippen molar-refractivity contribution in [3.8, 4) is 6.07 Å². The van der Waals surface area contributed by atoms with Gasteiger partial charge in [-0.2, -0.15) is 5.26 Å². The SMILES string of the molecule is N#Cc1c(N2CCN(c3ccccc3)CC2)sc(C(=O)c2ccccc2)c1N. The molecule has 3 aromatic rings. The number of anilines is 3. The minimum atomic E-state index is -0.131. The van der Waals surface area contributed by atoms with Crippen LogP contribution in [0.3, 0.4) is 0 Å². The molecular weight excluding hydrogens is 368 g/mol. The van der Waals surface area contributed by atoms with E-state index < -0.39 is 0 Å². The highest BCUT2D eigenvalue weighted by Crippen LogP contribution is 2.39. The van der Waals surface area contributed by atoms with E-state index in [1.54, 1.807) is 12.1 Å². The van der Waals surface area contributed by atoms with E-state index in [0.29, 0.717) is 21.7 Å². The van der Waals surface area contributed by atoms with Crippen molar-refractivity contribution in [1.82, 2.24) is 0 Å². The van der Waals surface area contributed by atoms with E-state index in [-0.39, 0.29) is 5.78 Å². The molecule has 4 rings (SSSR count). The fourth-order valence-corrected chi connectivity index (χ4v) is 4.64. The van der Waals surface area contributed by atoms with E-state index in [4.69, 9.17) is 5.73 Å². The van der Waals surface area contributed by atoms with Gasteiger partial charge in [-0.25, -0.2) is 0 Å². The Morgan fingerprint density at radius 1 is 0.929 bits per heavy atom. The smallest absolute Gasteiger partial charge is 0.205 e. The Labute approximate surface area is 168 Å². The van der Waals surface area contributed by atoms with E-state index >= 15 is 0 Å². The number of thiophene rings is 1. The number of carbonyl (C=O) groups excluding carboxylic acids is 1. The molecule has 0 aliphatic carbocycles. The summed E-state index contributed by atoms with van der Waals surface area (Å²) in [6.45, 7) is 3.27. The fourth-order valence-electron chi connectivity index (χ4n) is 3.46. The Balaban J connectivity index is 1.57. The molecule has 2 N–H and O–H groups in total. The van der Waals surface area contributed by atoms with Crippen molar-refractivity contribution < 1.29 is 4.79 Å². The summed E-state index contributed by atoms with van der Waals surface area (Å²) in [6.07, 6.45) is 0. The van der Waals surface area contributed by atoms with Crippen LogP contribution in [-0.4, -0.2) is 32.0 Å². The highest BCUT2D eigenvalue weighted by atomic mass is 32.1. The molecule has 1 aliphatic heterocycles. The highest BCUT2D eigenvalue weighted by Gasteiger charge is 2.27. The Morgan fingerprint density at radius 2 is 1.50 bits per heavy atom. The molecule has 2 heterocycles. The van der Waals surface area contributed by atoms with Gasteiger partial charge in [-0.05, 0) is 12.1 Å². The van der Waals surface area contributed by atoms with Crippen molar-refractivity contribution in [1.29, 1.82) is 5.26 Å². The molecule has 5 nitrogen and oxygen atoms in total. The second kappa shape index (κ2) is 7.75. The van der Waals surface area contributed by atoms with Crippen molar-refractivity contribution in [2.45, 2.75) is 0 Å². The van der Waals surface area contributed by atoms with Gasteiger partial charge in [-0.1, -0.05) is 48.5 Å². The van der Waals surface area contributed by atoms with Gasteiger partial charge >= 0.3 is 0 Å². The quantitative estimate of drug-likeness (QED) is 0.689. The maximum Gasteiger partial charge on any atom is 0.205 e. The topological polar surface area (TPSA) is 73.4 Å². The Bertz CT molecular complexity index is 1020. The Hall–Kier alpha value is -3.30. The summed E-state index contributed by atoms with van der Waals surface area (Å²) in [4.78, 5) is 17.8. The van der Waals surface area contributed by atoms with Gasteiger partial charge in [0, 0.05) is 37.4 Å². The first-order valence-electron chi connectivity index (χ1n) is 9.16. The number of benzene rings is 2. The Morgan fingerprint density at radius 3 is 2.11 bits per heavy atom. The monoisotopic (exact) mass is 388 g/mol. The minimum absolute atomic E-state index is 0.131. The van der Waals surface area contributed by atoms with E-state index in [0.717, 1.165) is 31.2 Å². The Kier molecular flexibility index (Phi) is 5.00. The molecule has 1 fully saturated rings. The van der Waals surface area contributed by atoms with Crippen LogP contribution in [0.15, 0.2) is 60.7 Å². The summed E-state index contributed by atoms with van der Waals surface area (Å²) in [5.41, 5.74) is 8.70. The van der Waals surface area contributed by atoms with Crippen LogP contribution >= 0.6 is 11.3 Å². The van der Waals surface area contributed by atoms with Gasteiger partial charge in [0.15, 0.2) is 0 Å². The van der Waals surface area contributed by atoms with Gasteiger partial charge in [-0.15, -0.1) is 11.3 Å². The van der Waals surface area contributed by atoms with Crippen LogP contribution < -0.4 is 15.5 Å². The summed E-state index contributed by atoms with van der Waals surface area (Å²) in [6, 6.07) is 21.6. The number of nitrogen functional groups attached to an aromatic ring is 1. The standard InChI is InChI=1S/C22H20N4OS/c23-15-18-19(24)21(20(27)16-7-3-1-4-8-16)28-22(18)26-13-11-25(12-14-26)17-9-5-2-6-10-17/h1-10H,11-14,24H2. The van der Waals surface area contributed by atoms with Crippen LogP contribution in [0.2, 0.25) is 0 Å². The number of para-hydroxylation sites is 1. The van der Waals surface area contributed by atoms with E-state index in [9.17, 15) is 10.1 Å². The lowest BCUT2D eigenvalue weighted by molar-refractivity contribution is 0.104. The molecule has 140 valence electrons. The molecule has 0 radical (unpaired) electrons. The second-order valence-corrected chi connectivity index (χ2v) is 7.64. The van der Waals surface area contributed by atoms with Crippen LogP contribution in [0.1, 0.15) is 20.8 Å². The number of hydrogen-bond acceptors (Lipinski definition) is 6. The third kappa shape index (κ3) is 3.32. The van der Waals surface area contributed by atoms with Crippen LogP contribution in [0, 0.1) is 11.3 Å². The summed E-state index contributed by atoms with van der Waals surface area (Å²) < 4.78 is 0. The molecule has 0 atom stereocenters. The molecular formula is C22H20N4OS. The van der Waals surface area contributed by atoms with E-state index in [1.807, 2.05) is 36.4 Å². The van der Waals surface area contributed by atoms with Crippen LogP contribution in [0.25, 0.3) is 0 Å². The van der Waals surface area contributed by atoms with Gasteiger partial charge in [0.1, 0.15) is 21.5 Å². The van der Waals surface area contributed by atoms with Gasteiger partial charge in [0.05, 0.1) is 5.69 Å². The lowest BCUT2D eigenvalue weighted by Crippen LogP contribution is -2.46. The molecule has 2 aromatic carbocycles. The summed E-state index contributed by atoms with van der Waals surface area (Å²) in [7, 11) is 0. The third-order valence-electron chi connectivity index (χ3n) is 4.97. The number of carbonyl (C=O) groups is 1. The average molecular weight is 388 g/mol. The predicted molar refractivity (Wildman–Crippen MR) is 114 cm³/mol. The first kappa shape index (κ1) is 18.1. The van der Waals surface area contributed by atoms with Gasteiger partial charge in [0.25, 0.3) is 0 Å².